The van der Waals surface area contributed by atoms with Crippen LogP contribution in [0.1, 0.15) is 42.9 Å². The third-order valence-corrected chi connectivity index (χ3v) is 5.26. The standard InChI is InChI=1S/C21H26N6O/c1-3-27-13-11-23-19(27)15-26-12-5-6-17(14-26)20-21(25-10-9-24-20)28-18-7-4-8-22-16(18)2/h4,7-11,13,17H,3,5-6,12,14-15H2,1-2H3. The Morgan fingerprint density at radius 1 is 1.11 bits per heavy atom. The number of nitrogens with zero attached hydrogens (tertiary/aromatic N) is 6. The lowest BCUT2D eigenvalue weighted by atomic mass is 9.94. The number of ether oxygens (including phenoxy) is 1. The molecule has 0 spiro atoms. The van der Waals surface area contributed by atoms with Gasteiger partial charge in [0.25, 0.3) is 0 Å². The molecule has 4 heterocycles. The molecule has 1 aliphatic rings. The number of pyridine rings is 1. The third-order valence-electron chi connectivity index (χ3n) is 5.26. The molecule has 3 aromatic heterocycles. The van der Waals surface area contributed by atoms with Gasteiger partial charge in [-0.05, 0) is 45.4 Å². The van der Waals surface area contributed by atoms with Gasteiger partial charge in [0.15, 0.2) is 5.75 Å². The van der Waals surface area contributed by atoms with E-state index in [1.54, 1.807) is 18.6 Å². The third kappa shape index (κ3) is 4.04. The molecule has 7 heteroatoms. The maximum Gasteiger partial charge on any atom is 0.241 e. The SMILES string of the molecule is CCn1ccnc1CN1CCCC(c2nccnc2Oc2cccnc2C)C1. The van der Waals surface area contributed by atoms with Crippen LogP contribution in [0, 0.1) is 6.92 Å². The number of imidazole rings is 1. The fraction of sp³-hybridized carbons (Fsp3) is 0.429. The molecule has 1 atom stereocenters. The minimum atomic E-state index is 0.291. The Hall–Kier alpha value is -2.80. The Bertz CT molecular complexity index is 925. The van der Waals surface area contributed by atoms with E-state index >= 15 is 0 Å². The Morgan fingerprint density at radius 2 is 2.00 bits per heavy atom. The van der Waals surface area contributed by atoms with Crippen LogP contribution in [0.25, 0.3) is 0 Å². The van der Waals surface area contributed by atoms with E-state index in [-0.39, 0.29) is 0 Å². The Morgan fingerprint density at radius 3 is 2.86 bits per heavy atom. The molecule has 0 N–H and O–H groups in total. The highest BCUT2D eigenvalue weighted by Crippen LogP contribution is 2.33. The van der Waals surface area contributed by atoms with E-state index in [9.17, 15) is 0 Å². The monoisotopic (exact) mass is 378 g/mol. The first-order chi connectivity index (χ1) is 13.7. The highest BCUT2D eigenvalue weighted by Gasteiger charge is 2.26. The van der Waals surface area contributed by atoms with Crippen molar-refractivity contribution in [2.75, 3.05) is 13.1 Å². The second kappa shape index (κ2) is 8.48. The summed E-state index contributed by atoms with van der Waals surface area (Å²) in [7, 11) is 0. The van der Waals surface area contributed by atoms with Crippen molar-refractivity contribution in [1.82, 2.24) is 29.4 Å². The van der Waals surface area contributed by atoms with Crippen molar-refractivity contribution < 1.29 is 4.74 Å². The average Bonchev–Trinajstić information content (AvgIpc) is 3.17. The van der Waals surface area contributed by atoms with E-state index in [1.165, 1.54) is 0 Å². The van der Waals surface area contributed by atoms with E-state index in [0.717, 1.165) is 62.0 Å². The predicted molar refractivity (Wildman–Crippen MR) is 106 cm³/mol. The molecule has 28 heavy (non-hydrogen) atoms. The maximum atomic E-state index is 6.10. The van der Waals surface area contributed by atoms with Gasteiger partial charge in [-0.3, -0.25) is 14.9 Å². The van der Waals surface area contributed by atoms with Gasteiger partial charge in [-0.25, -0.2) is 9.97 Å². The van der Waals surface area contributed by atoms with Gasteiger partial charge in [0.2, 0.25) is 5.88 Å². The lowest BCUT2D eigenvalue weighted by Crippen LogP contribution is -2.35. The summed E-state index contributed by atoms with van der Waals surface area (Å²) in [5.74, 6) is 2.71. The van der Waals surface area contributed by atoms with E-state index in [0.29, 0.717) is 11.8 Å². The van der Waals surface area contributed by atoms with E-state index < -0.39 is 0 Å². The molecule has 0 saturated carbocycles. The highest BCUT2D eigenvalue weighted by molar-refractivity contribution is 5.33. The molecular weight excluding hydrogens is 352 g/mol. The summed E-state index contributed by atoms with van der Waals surface area (Å²) < 4.78 is 8.30. The van der Waals surface area contributed by atoms with Gasteiger partial charge < -0.3 is 9.30 Å². The van der Waals surface area contributed by atoms with Gasteiger partial charge in [-0.15, -0.1) is 0 Å². The van der Waals surface area contributed by atoms with Gasteiger partial charge in [-0.2, -0.15) is 0 Å². The van der Waals surface area contributed by atoms with Crippen LogP contribution in [0.2, 0.25) is 0 Å². The number of hydrogen-bond acceptors (Lipinski definition) is 6. The number of rotatable bonds is 6. The van der Waals surface area contributed by atoms with Crippen LogP contribution in [0.4, 0.5) is 0 Å². The van der Waals surface area contributed by atoms with Crippen molar-refractivity contribution in [3.8, 4) is 11.6 Å². The van der Waals surface area contributed by atoms with Crippen LogP contribution >= 0.6 is 0 Å². The van der Waals surface area contributed by atoms with Gasteiger partial charge in [0.05, 0.1) is 12.2 Å². The lowest BCUT2D eigenvalue weighted by Gasteiger charge is -2.32. The molecule has 1 saturated heterocycles. The first-order valence-electron chi connectivity index (χ1n) is 9.87. The van der Waals surface area contributed by atoms with Crippen LogP contribution in [-0.2, 0) is 13.1 Å². The van der Waals surface area contributed by atoms with Crippen molar-refractivity contribution >= 4 is 0 Å². The van der Waals surface area contributed by atoms with Crippen LogP contribution < -0.4 is 4.74 Å². The molecule has 7 nitrogen and oxygen atoms in total. The maximum absolute atomic E-state index is 6.10. The molecule has 146 valence electrons. The van der Waals surface area contributed by atoms with Crippen LogP contribution in [0.5, 0.6) is 11.6 Å². The highest BCUT2D eigenvalue weighted by atomic mass is 16.5. The summed E-state index contributed by atoms with van der Waals surface area (Å²) in [6, 6.07) is 3.79. The Balaban J connectivity index is 1.51. The van der Waals surface area contributed by atoms with Crippen LogP contribution in [-0.4, -0.2) is 42.5 Å². The largest absolute Gasteiger partial charge is 0.435 e. The van der Waals surface area contributed by atoms with Crippen molar-refractivity contribution in [3.05, 3.63) is 60.3 Å². The zero-order chi connectivity index (χ0) is 19.3. The summed E-state index contributed by atoms with van der Waals surface area (Å²) >= 11 is 0. The zero-order valence-corrected chi connectivity index (χ0v) is 16.5. The molecule has 0 bridgehead atoms. The number of aryl methyl sites for hydroxylation is 2. The van der Waals surface area contributed by atoms with Crippen molar-refractivity contribution in [2.24, 2.45) is 0 Å². The molecular formula is C21H26N6O. The summed E-state index contributed by atoms with van der Waals surface area (Å²) in [6.07, 6.45) is 11.3. The molecule has 0 aliphatic carbocycles. The van der Waals surface area contributed by atoms with Crippen molar-refractivity contribution in [1.29, 1.82) is 0 Å². The van der Waals surface area contributed by atoms with Crippen molar-refractivity contribution in [2.45, 2.75) is 45.7 Å². The minimum Gasteiger partial charge on any atom is -0.435 e. The Labute approximate surface area is 165 Å². The summed E-state index contributed by atoms with van der Waals surface area (Å²) in [5, 5.41) is 0. The molecule has 0 amide bonds. The lowest BCUT2D eigenvalue weighted by molar-refractivity contribution is 0.190. The predicted octanol–water partition coefficient (Wildman–Crippen LogP) is 3.57. The molecule has 3 aromatic rings. The quantitative estimate of drug-likeness (QED) is 0.653. The Kier molecular flexibility index (Phi) is 5.62. The second-order valence-corrected chi connectivity index (χ2v) is 7.14. The van der Waals surface area contributed by atoms with Gasteiger partial charge >= 0.3 is 0 Å². The zero-order valence-electron chi connectivity index (χ0n) is 16.5. The summed E-state index contributed by atoms with van der Waals surface area (Å²) in [6.45, 7) is 7.88. The first-order valence-corrected chi connectivity index (χ1v) is 9.87. The van der Waals surface area contributed by atoms with Crippen molar-refractivity contribution in [3.63, 3.8) is 0 Å². The topological polar surface area (TPSA) is 69.0 Å². The first kappa shape index (κ1) is 18.6. The van der Waals surface area contributed by atoms with Gasteiger partial charge in [0, 0.05) is 50.0 Å². The molecule has 1 aliphatic heterocycles. The van der Waals surface area contributed by atoms with E-state index in [1.807, 2.05) is 31.5 Å². The molecule has 1 unspecified atom stereocenters. The van der Waals surface area contributed by atoms with Crippen LogP contribution in [0.15, 0.2) is 43.1 Å². The molecule has 1 fully saturated rings. The molecule has 0 radical (unpaired) electrons. The van der Waals surface area contributed by atoms with Gasteiger partial charge in [-0.1, -0.05) is 0 Å². The van der Waals surface area contributed by atoms with E-state index in [2.05, 4.69) is 36.3 Å². The van der Waals surface area contributed by atoms with Crippen LogP contribution in [0.3, 0.4) is 0 Å². The fourth-order valence-corrected chi connectivity index (χ4v) is 3.78. The number of aromatic nitrogens is 5. The minimum absolute atomic E-state index is 0.291. The molecule has 0 aromatic carbocycles. The normalized spacial score (nSPS) is 17.6. The number of hydrogen-bond donors (Lipinski definition) is 0. The smallest absolute Gasteiger partial charge is 0.241 e. The van der Waals surface area contributed by atoms with E-state index in [4.69, 9.17) is 4.74 Å². The summed E-state index contributed by atoms with van der Waals surface area (Å²) in [5.41, 5.74) is 1.77. The summed E-state index contributed by atoms with van der Waals surface area (Å²) in [4.78, 5) is 20.4. The number of piperidine rings is 1. The fourth-order valence-electron chi connectivity index (χ4n) is 3.78. The van der Waals surface area contributed by atoms with Gasteiger partial charge in [0.1, 0.15) is 11.5 Å². The molecule has 4 rings (SSSR count). The number of likely N-dealkylation sites (tertiary alicyclic amines) is 1. The second-order valence-electron chi connectivity index (χ2n) is 7.14. The average molecular weight is 378 g/mol.